The van der Waals surface area contributed by atoms with Gasteiger partial charge in [-0.15, -0.1) is 0 Å². The molecule has 0 aromatic heterocycles. The van der Waals surface area contributed by atoms with E-state index in [4.69, 9.17) is 14.6 Å². The molecule has 8 heteroatoms. The Labute approximate surface area is 198 Å². The quantitative estimate of drug-likeness (QED) is 0.522. The highest BCUT2D eigenvalue weighted by Gasteiger charge is 2.32. The highest BCUT2D eigenvalue weighted by atomic mass is 16.5. The Hall–Kier alpha value is -3.39. The van der Waals surface area contributed by atoms with Crippen LogP contribution in [0.1, 0.15) is 49.7 Å². The average molecular weight is 467 g/mol. The molecule has 2 unspecified atom stereocenters. The second-order valence-electron chi connectivity index (χ2n) is 8.72. The van der Waals surface area contributed by atoms with Gasteiger partial charge in [0.1, 0.15) is 12.6 Å². The molecule has 2 amide bonds. The zero-order chi connectivity index (χ0) is 24.1. The standard InChI is InChI=1S/C26H30N2O6/c1-2-7-22(24(29)27-14-16-12-13-23(34-16)25(30)31)28-26(32)33-15-21-19-10-5-3-8-17(19)18-9-4-6-11-20(18)21/h3-6,8-11,16,21-23H,2,7,12-15H2,1H3,(H,27,29)(H,28,32)(H,30,31)/t16?,22-,23?/m1/s1. The summed E-state index contributed by atoms with van der Waals surface area (Å²) in [4.78, 5) is 36.3. The number of carboxylic acid groups (broad SMARTS) is 1. The van der Waals surface area contributed by atoms with Crippen LogP contribution in [0.4, 0.5) is 4.79 Å². The van der Waals surface area contributed by atoms with Crippen LogP contribution in [-0.2, 0) is 19.1 Å². The third-order valence-electron chi connectivity index (χ3n) is 6.42. The van der Waals surface area contributed by atoms with Gasteiger partial charge in [0.25, 0.3) is 0 Å². The Morgan fingerprint density at radius 2 is 1.71 bits per heavy atom. The zero-order valence-corrected chi connectivity index (χ0v) is 19.2. The van der Waals surface area contributed by atoms with Gasteiger partial charge in [0.15, 0.2) is 6.10 Å². The molecule has 2 aliphatic rings. The number of carboxylic acids is 1. The van der Waals surface area contributed by atoms with Crippen molar-refractivity contribution in [1.29, 1.82) is 0 Å². The van der Waals surface area contributed by atoms with Gasteiger partial charge < -0.3 is 25.2 Å². The van der Waals surface area contributed by atoms with Crippen molar-refractivity contribution >= 4 is 18.0 Å². The summed E-state index contributed by atoms with van der Waals surface area (Å²) in [5.74, 6) is -1.38. The molecule has 8 nitrogen and oxygen atoms in total. The number of amides is 2. The van der Waals surface area contributed by atoms with Crippen molar-refractivity contribution in [3.63, 3.8) is 0 Å². The van der Waals surface area contributed by atoms with Gasteiger partial charge in [-0.2, -0.15) is 0 Å². The predicted octanol–water partition coefficient (Wildman–Crippen LogP) is 3.44. The Morgan fingerprint density at radius 1 is 1.06 bits per heavy atom. The number of carbonyl (C=O) groups excluding carboxylic acids is 2. The number of nitrogens with one attached hydrogen (secondary N) is 2. The molecule has 0 saturated carbocycles. The van der Waals surface area contributed by atoms with E-state index in [1.54, 1.807) is 0 Å². The first-order chi connectivity index (χ1) is 16.5. The topological polar surface area (TPSA) is 114 Å². The summed E-state index contributed by atoms with van der Waals surface area (Å²) in [5, 5.41) is 14.5. The molecule has 1 saturated heterocycles. The largest absolute Gasteiger partial charge is 0.479 e. The van der Waals surface area contributed by atoms with Crippen LogP contribution in [-0.4, -0.2) is 54.5 Å². The molecule has 1 fully saturated rings. The van der Waals surface area contributed by atoms with Gasteiger partial charge in [-0.3, -0.25) is 4.79 Å². The molecule has 1 aliphatic carbocycles. The second-order valence-corrected chi connectivity index (χ2v) is 8.72. The molecule has 2 aromatic carbocycles. The van der Waals surface area contributed by atoms with Crippen LogP contribution in [0, 0.1) is 0 Å². The SMILES string of the molecule is CCC[C@@H](NC(=O)OCC1c2ccccc2-c2ccccc21)C(=O)NCC1CCC(C(=O)O)O1. The van der Waals surface area contributed by atoms with Crippen LogP contribution in [0.5, 0.6) is 0 Å². The van der Waals surface area contributed by atoms with Gasteiger partial charge in [-0.1, -0.05) is 61.9 Å². The average Bonchev–Trinajstić information content (AvgIpc) is 3.44. The third-order valence-corrected chi connectivity index (χ3v) is 6.42. The normalized spacial score (nSPS) is 19.7. The van der Waals surface area contributed by atoms with Crippen molar-refractivity contribution in [2.24, 2.45) is 0 Å². The number of ether oxygens (including phenoxy) is 2. The van der Waals surface area contributed by atoms with E-state index in [-0.39, 0.29) is 31.1 Å². The molecule has 4 rings (SSSR count). The van der Waals surface area contributed by atoms with Crippen LogP contribution in [0.15, 0.2) is 48.5 Å². The molecule has 1 aliphatic heterocycles. The molecular weight excluding hydrogens is 436 g/mol. The Kier molecular flexibility index (Phi) is 7.47. The maximum Gasteiger partial charge on any atom is 0.407 e. The summed E-state index contributed by atoms with van der Waals surface area (Å²) >= 11 is 0. The van der Waals surface area contributed by atoms with Crippen molar-refractivity contribution in [3.05, 3.63) is 59.7 Å². The Bertz CT molecular complexity index is 1010. The van der Waals surface area contributed by atoms with E-state index >= 15 is 0 Å². The molecule has 0 spiro atoms. The van der Waals surface area contributed by atoms with Crippen molar-refractivity contribution in [3.8, 4) is 11.1 Å². The van der Waals surface area contributed by atoms with Crippen LogP contribution < -0.4 is 10.6 Å². The summed E-state index contributed by atoms with van der Waals surface area (Å²) in [5.41, 5.74) is 4.54. The lowest BCUT2D eigenvalue weighted by molar-refractivity contribution is -0.149. The molecule has 0 radical (unpaired) electrons. The van der Waals surface area contributed by atoms with Crippen LogP contribution in [0.25, 0.3) is 11.1 Å². The van der Waals surface area contributed by atoms with Crippen molar-refractivity contribution < 1.29 is 29.0 Å². The number of benzene rings is 2. The van der Waals surface area contributed by atoms with E-state index in [1.165, 1.54) is 0 Å². The molecule has 180 valence electrons. The van der Waals surface area contributed by atoms with Gasteiger partial charge in [-0.05, 0) is 41.5 Å². The molecule has 3 N–H and O–H groups in total. The maximum absolute atomic E-state index is 12.7. The minimum absolute atomic E-state index is 0.0571. The predicted molar refractivity (Wildman–Crippen MR) is 125 cm³/mol. The number of hydrogen-bond donors (Lipinski definition) is 3. The summed E-state index contributed by atoms with van der Waals surface area (Å²) < 4.78 is 11.0. The molecule has 1 heterocycles. The zero-order valence-electron chi connectivity index (χ0n) is 19.2. The van der Waals surface area contributed by atoms with E-state index in [2.05, 4.69) is 34.9 Å². The van der Waals surface area contributed by atoms with Gasteiger partial charge in [0.2, 0.25) is 5.91 Å². The molecule has 34 heavy (non-hydrogen) atoms. The fourth-order valence-corrected chi connectivity index (χ4v) is 4.71. The minimum atomic E-state index is -0.991. The summed E-state index contributed by atoms with van der Waals surface area (Å²) in [6, 6.07) is 15.5. The fraction of sp³-hybridized carbons (Fsp3) is 0.423. The number of alkyl carbamates (subject to hydrolysis) is 1. The summed E-state index contributed by atoms with van der Waals surface area (Å²) in [6.07, 6.45) is 0.330. The van der Waals surface area contributed by atoms with E-state index in [1.807, 2.05) is 31.2 Å². The monoisotopic (exact) mass is 466 g/mol. The van der Waals surface area contributed by atoms with E-state index in [9.17, 15) is 14.4 Å². The smallest absolute Gasteiger partial charge is 0.407 e. The van der Waals surface area contributed by atoms with E-state index < -0.39 is 24.2 Å². The van der Waals surface area contributed by atoms with Crippen molar-refractivity contribution in [2.75, 3.05) is 13.2 Å². The third kappa shape index (κ3) is 5.22. The summed E-state index contributed by atoms with van der Waals surface area (Å²) in [7, 11) is 0. The molecule has 0 bridgehead atoms. The highest BCUT2D eigenvalue weighted by molar-refractivity contribution is 5.85. The number of fused-ring (bicyclic) bond motifs is 3. The van der Waals surface area contributed by atoms with E-state index in [0.29, 0.717) is 25.7 Å². The Morgan fingerprint density at radius 3 is 2.29 bits per heavy atom. The molecular formula is C26H30N2O6. The molecule has 3 atom stereocenters. The van der Waals surface area contributed by atoms with Gasteiger partial charge >= 0.3 is 12.1 Å². The number of carbonyl (C=O) groups is 3. The first-order valence-corrected chi connectivity index (χ1v) is 11.8. The number of rotatable bonds is 9. The van der Waals surface area contributed by atoms with Gasteiger partial charge in [-0.25, -0.2) is 9.59 Å². The van der Waals surface area contributed by atoms with Gasteiger partial charge in [0.05, 0.1) is 6.10 Å². The Balaban J connectivity index is 1.31. The highest BCUT2D eigenvalue weighted by Crippen LogP contribution is 2.44. The van der Waals surface area contributed by atoms with Crippen molar-refractivity contribution in [1.82, 2.24) is 10.6 Å². The minimum Gasteiger partial charge on any atom is -0.479 e. The van der Waals surface area contributed by atoms with Crippen LogP contribution in [0.3, 0.4) is 0 Å². The maximum atomic E-state index is 12.7. The fourth-order valence-electron chi connectivity index (χ4n) is 4.71. The lowest BCUT2D eigenvalue weighted by atomic mass is 9.98. The van der Waals surface area contributed by atoms with Gasteiger partial charge in [0, 0.05) is 12.5 Å². The lowest BCUT2D eigenvalue weighted by Gasteiger charge is -2.20. The molecule has 2 aromatic rings. The number of aliphatic carboxylic acids is 1. The first kappa shape index (κ1) is 23.8. The van der Waals surface area contributed by atoms with Crippen LogP contribution >= 0.6 is 0 Å². The lowest BCUT2D eigenvalue weighted by Crippen LogP contribution is -2.48. The first-order valence-electron chi connectivity index (χ1n) is 11.8. The second kappa shape index (κ2) is 10.7. The van der Waals surface area contributed by atoms with E-state index in [0.717, 1.165) is 22.3 Å². The van der Waals surface area contributed by atoms with Crippen molar-refractivity contribution in [2.45, 2.75) is 56.8 Å². The summed E-state index contributed by atoms with van der Waals surface area (Å²) in [6.45, 7) is 2.30. The van der Waals surface area contributed by atoms with Crippen LogP contribution in [0.2, 0.25) is 0 Å². The number of hydrogen-bond acceptors (Lipinski definition) is 5.